The fourth-order valence-electron chi connectivity index (χ4n) is 1.51. The molecule has 0 aliphatic carbocycles. The van der Waals surface area contributed by atoms with Gasteiger partial charge in [0.15, 0.2) is 0 Å². The van der Waals surface area contributed by atoms with Gasteiger partial charge in [0.2, 0.25) is 0 Å². The number of carbonyl (C=O) groups excluding carboxylic acids is 1. The van der Waals surface area contributed by atoms with E-state index in [9.17, 15) is 4.79 Å². The largest absolute Gasteiger partial charge is 0.379 e. The van der Waals surface area contributed by atoms with Gasteiger partial charge in [-0.2, -0.15) is 0 Å². The Morgan fingerprint density at radius 2 is 2.38 bits per heavy atom. The van der Waals surface area contributed by atoms with Gasteiger partial charge >= 0.3 is 0 Å². The van der Waals surface area contributed by atoms with Crippen molar-refractivity contribution >= 4 is 5.78 Å². The SMILES string of the molecule is C=CCCCC(=O)C1COCC1N. The summed E-state index contributed by atoms with van der Waals surface area (Å²) in [5.74, 6) is 0.177. The Morgan fingerprint density at radius 1 is 1.62 bits per heavy atom. The molecule has 0 aromatic rings. The van der Waals surface area contributed by atoms with Crippen LogP contribution in [0.15, 0.2) is 12.7 Å². The molecule has 1 rings (SSSR count). The monoisotopic (exact) mass is 183 g/mol. The van der Waals surface area contributed by atoms with Crippen LogP contribution in [0, 0.1) is 5.92 Å². The molecule has 2 N–H and O–H groups in total. The number of carbonyl (C=O) groups is 1. The van der Waals surface area contributed by atoms with E-state index in [1.165, 1.54) is 0 Å². The predicted octanol–water partition coefficient (Wildman–Crippen LogP) is 0.885. The van der Waals surface area contributed by atoms with E-state index in [0.717, 1.165) is 12.8 Å². The predicted molar refractivity (Wildman–Crippen MR) is 51.3 cm³/mol. The van der Waals surface area contributed by atoms with Gasteiger partial charge in [-0.25, -0.2) is 0 Å². The van der Waals surface area contributed by atoms with Crippen LogP contribution in [0.2, 0.25) is 0 Å². The molecule has 0 bridgehead atoms. The van der Waals surface area contributed by atoms with Gasteiger partial charge in [-0.05, 0) is 12.8 Å². The second-order valence-electron chi connectivity index (χ2n) is 3.46. The van der Waals surface area contributed by atoms with E-state index in [0.29, 0.717) is 19.6 Å². The Kier molecular flexibility index (Phi) is 4.12. The van der Waals surface area contributed by atoms with Crippen LogP contribution in [-0.2, 0) is 9.53 Å². The maximum absolute atomic E-state index is 11.5. The molecule has 0 radical (unpaired) electrons. The van der Waals surface area contributed by atoms with E-state index in [2.05, 4.69) is 6.58 Å². The van der Waals surface area contributed by atoms with Crippen LogP contribution in [0.3, 0.4) is 0 Å². The Labute approximate surface area is 78.9 Å². The number of allylic oxidation sites excluding steroid dienone is 1. The summed E-state index contributed by atoms with van der Waals surface area (Å²) in [5, 5.41) is 0. The first-order chi connectivity index (χ1) is 6.25. The van der Waals surface area contributed by atoms with Gasteiger partial charge in [0, 0.05) is 12.5 Å². The fourth-order valence-corrected chi connectivity index (χ4v) is 1.51. The third-order valence-corrected chi connectivity index (χ3v) is 2.37. The number of rotatable bonds is 5. The number of hydrogen-bond acceptors (Lipinski definition) is 3. The summed E-state index contributed by atoms with van der Waals surface area (Å²) < 4.78 is 5.13. The van der Waals surface area contributed by atoms with E-state index in [1.807, 2.05) is 6.08 Å². The van der Waals surface area contributed by atoms with Gasteiger partial charge in [0.05, 0.1) is 19.1 Å². The second kappa shape index (κ2) is 5.14. The van der Waals surface area contributed by atoms with Gasteiger partial charge in [-0.1, -0.05) is 6.08 Å². The van der Waals surface area contributed by atoms with E-state index < -0.39 is 0 Å². The van der Waals surface area contributed by atoms with Crippen molar-refractivity contribution < 1.29 is 9.53 Å². The summed E-state index contributed by atoms with van der Waals surface area (Å²) in [6.45, 7) is 4.64. The molecule has 1 fully saturated rings. The van der Waals surface area contributed by atoms with E-state index >= 15 is 0 Å². The number of Topliss-reactive ketones (excluding diaryl/α,β-unsaturated/α-hetero) is 1. The third kappa shape index (κ3) is 2.94. The van der Waals surface area contributed by atoms with Gasteiger partial charge in [-0.3, -0.25) is 4.79 Å². The zero-order valence-corrected chi connectivity index (χ0v) is 7.87. The van der Waals surface area contributed by atoms with Crippen molar-refractivity contribution in [2.24, 2.45) is 11.7 Å². The fraction of sp³-hybridized carbons (Fsp3) is 0.700. The first-order valence-electron chi connectivity index (χ1n) is 4.72. The van der Waals surface area contributed by atoms with Crippen molar-refractivity contribution in [1.29, 1.82) is 0 Å². The normalized spacial score (nSPS) is 27.5. The lowest BCUT2D eigenvalue weighted by molar-refractivity contribution is -0.123. The topological polar surface area (TPSA) is 52.3 Å². The molecule has 3 heteroatoms. The highest BCUT2D eigenvalue weighted by Gasteiger charge is 2.30. The molecule has 13 heavy (non-hydrogen) atoms. The molecule has 0 saturated carbocycles. The molecule has 0 spiro atoms. The average molecular weight is 183 g/mol. The summed E-state index contributed by atoms with van der Waals surface area (Å²) in [4.78, 5) is 11.5. The van der Waals surface area contributed by atoms with E-state index in [4.69, 9.17) is 10.5 Å². The number of ether oxygens (including phenoxy) is 1. The van der Waals surface area contributed by atoms with Crippen LogP contribution in [-0.4, -0.2) is 25.0 Å². The lowest BCUT2D eigenvalue weighted by atomic mass is 9.95. The van der Waals surface area contributed by atoms with Gasteiger partial charge in [0.25, 0.3) is 0 Å². The maximum atomic E-state index is 11.5. The molecule has 1 heterocycles. The van der Waals surface area contributed by atoms with Crippen LogP contribution in [0.25, 0.3) is 0 Å². The third-order valence-electron chi connectivity index (χ3n) is 2.37. The van der Waals surface area contributed by atoms with Crippen LogP contribution in [0.5, 0.6) is 0 Å². The van der Waals surface area contributed by atoms with Gasteiger partial charge < -0.3 is 10.5 Å². The Balaban J connectivity index is 2.26. The Bertz CT molecular complexity index is 191. The summed E-state index contributed by atoms with van der Waals surface area (Å²) in [6.07, 6.45) is 4.21. The summed E-state index contributed by atoms with van der Waals surface area (Å²) in [5.41, 5.74) is 5.72. The summed E-state index contributed by atoms with van der Waals surface area (Å²) in [6, 6.07) is -0.0868. The molecule has 2 atom stereocenters. The molecular formula is C10H17NO2. The van der Waals surface area contributed by atoms with Crippen molar-refractivity contribution in [3.63, 3.8) is 0 Å². The van der Waals surface area contributed by atoms with Gasteiger partial charge in [0.1, 0.15) is 5.78 Å². The molecule has 74 valence electrons. The van der Waals surface area contributed by atoms with Crippen molar-refractivity contribution in [1.82, 2.24) is 0 Å². The van der Waals surface area contributed by atoms with Crippen molar-refractivity contribution in [2.45, 2.75) is 25.3 Å². The molecule has 1 saturated heterocycles. The highest BCUT2D eigenvalue weighted by atomic mass is 16.5. The van der Waals surface area contributed by atoms with E-state index in [1.54, 1.807) is 0 Å². The molecule has 0 amide bonds. The Morgan fingerprint density at radius 3 is 2.92 bits per heavy atom. The molecule has 1 aliphatic heterocycles. The number of nitrogens with two attached hydrogens (primary N) is 1. The maximum Gasteiger partial charge on any atom is 0.139 e. The zero-order chi connectivity index (χ0) is 9.68. The molecular weight excluding hydrogens is 166 g/mol. The minimum Gasteiger partial charge on any atom is -0.379 e. The second-order valence-corrected chi connectivity index (χ2v) is 3.46. The smallest absolute Gasteiger partial charge is 0.139 e. The standard InChI is InChI=1S/C10H17NO2/c1-2-3-4-5-10(12)8-6-13-7-9(8)11/h2,8-9H,1,3-7,11H2. The molecule has 0 aromatic carbocycles. The Hall–Kier alpha value is -0.670. The van der Waals surface area contributed by atoms with E-state index in [-0.39, 0.29) is 17.7 Å². The molecule has 2 unspecified atom stereocenters. The number of unbranched alkanes of at least 4 members (excludes halogenated alkanes) is 1. The molecule has 0 aromatic heterocycles. The van der Waals surface area contributed by atoms with Crippen LogP contribution in [0.1, 0.15) is 19.3 Å². The molecule has 1 aliphatic rings. The van der Waals surface area contributed by atoms with Gasteiger partial charge in [-0.15, -0.1) is 6.58 Å². The summed E-state index contributed by atoms with van der Waals surface area (Å²) in [7, 11) is 0. The minimum atomic E-state index is -0.0868. The van der Waals surface area contributed by atoms with Crippen molar-refractivity contribution in [2.75, 3.05) is 13.2 Å². The minimum absolute atomic E-state index is 0.0650. The van der Waals surface area contributed by atoms with Crippen molar-refractivity contribution in [3.05, 3.63) is 12.7 Å². The zero-order valence-electron chi connectivity index (χ0n) is 7.87. The highest BCUT2D eigenvalue weighted by molar-refractivity contribution is 5.82. The lowest BCUT2D eigenvalue weighted by Gasteiger charge is -2.10. The van der Waals surface area contributed by atoms with Crippen LogP contribution < -0.4 is 5.73 Å². The van der Waals surface area contributed by atoms with Crippen molar-refractivity contribution in [3.8, 4) is 0 Å². The number of ketones is 1. The summed E-state index contributed by atoms with van der Waals surface area (Å²) >= 11 is 0. The highest BCUT2D eigenvalue weighted by Crippen LogP contribution is 2.15. The number of hydrogen-bond donors (Lipinski definition) is 1. The average Bonchev–Trinajstić information content (AvgIpc) is 2.52. The lowest BCUT2D eigenvalue weighted by Crippen LogP contribution is -2.33. The van der Waals surface area contributed by atoms with Crippen LogP contribution in [0.4, 0.5) is 0 Å². The quantitative estimate of drug-likeness (QED) is 0.508. The molecule has 3 nitrogen and oxygen atoms in total. The first-order valence-corrected chi connectivity index (χ1v) is 4.72. The van der Waals surface area contributed by atoms with Crippen LogP contribution >= 0.6 is 0 Å². The first kappa shape index (κ1) is 10.4.